The van der Waals surface area contributed by atoms with Crippen molar-refractivity contribution < 1.29 is 13.9 Å². The molecule has 21 heavy (non-hydrogen) atoms. The zero-order chi connectivity index (χ0) is 15.1. The summed E-state index contributed by atoms with van der Waals surface area (Å²) >= 11 is 1.69. The summed E-state index contributed by atoms with van der Waals surface area (Å²) in [7, 11) is 0. The number of hydrogen-bond acceptors (Lipinski definition) is 3. The van der Waals surface area contributed by atoms with Crippen molar-refractivity contribution in [1.82, 2.24) is 4.90 Å². The van der Waals surface area contributed by atoms with Crippen LogP contribution in [0.15, 0.2) is 24.3 Å². The first-order chi connectivity index (χ1) is 10.2. The van der Waals surface area contributed by atoms with Crippen LogP contribution in [0.25, 0.3) is 0 Å². The molecule has 0 bridgehead atoms. The Bertz CT molecular complexity index is 469. The molecule has 1 saturated heterocycles. The van der Waals surface area contributed by atoms with Gasteiger partial charge in [0.2, 0.25) is 5.91 Å². The Balaban J connectivity index is 1.81. The summed E-state index contributed by atoms with van der Waals surface area (Å²) in [6.07, 6.45) is 4.63. The third kappa shape index (κ3) is 4.92. The fourth-order valence-electron chi connectivity index (χ4n) is 2.54. The molecule has 1 fully saturated rings. The monoisotopic (exact) mass is 311 g/mol. The number of benzene rings is 1. The molecule has 1 heterocycles. The van der Waals surface area contributed by atoms with Crippen molar-refractivity contribution in [1.29, 1.82) is 0 Å². The standard InChI is InChI=1S/C16H22FNO2S/c1-21-10-8-16(19)18-9-4-5-13(11-18)12-20-15-7-3-2-6-14(15)17/h2-3,6-7,13H,4-5,8-12H2,1H3/t13-/m1/s1. The largest absolute Gasteiger partial charge is 0.490 e. The summed E-state index contributed by atoms with van der Waals surface area (Å²) in [5.74, 6) is 1.34. The van der Waals surface area contributed by atoms with Gasteiger partial charge in [-0.05, 0) is 31.2 Å². The zero-order valence-electron chi connectivity index (χ0n) is 12.4. The SMILES string of the molecule is CSCCC(=O)N1CCC[C@@H](COc2ccccc2F)C1. The number of rotatable bonds is 6. The van der Waals surface area contributed by atoms with Gasteiger partial charge >= 0.3 is 0 Å². The number of likely N-dealkylation sites (tertiary alicyclic amines) is 1. The molecule has 1 aromatic carbocycles. The number of piperidine rings is 1. The van der Waals surface area contributed by atoms with Crippen LogP contribution < -0.4 is 4.74 Å². The van der Waals surface area contributed by atoms with Crippen molar-refractivity contribution in [2.24, 2.45) is 5.92 Å². The van der Waals surface area contributed by atoms with E-state index in [9.17, 15) is 9.18 Å². The van der Waals surface area contributed by atoms with E-state index in [-0.39, 0.29) is 17.6 Å². The highest BCUT2D eigenvalue weighted by Crippen LogP contribution is 2.21. The van der Waals surface area contributed by atoms with E-state index in [1.807, 2.05) is 11.2 Å². The van der Waals surface area contributed by atoms with Gasteiger partial charge in [-0.25, -0.2) is 4.39 Å². The van der Waals surface area contributed by atoms with E-state index in [2.05, 4.69) is 0 Å². The van der Waals surface area contributed by atoms with Gasteiger partial charge in [-0.2, -0.15) is 11.8 Å². The summed E-state index contributed by atoms with van der Waals surface area (Å²) in [5.41, 5.74) is 0. The fraction of sp³-hybridized carbons (Fsp3) is 0.562. The normalized spacial score (nSPS) is 18.6. The summed E-state index contributed by atoms with van der Waals surface area (Å²) in [5, 5.41) is 0. The van der Waals surface area contributed by atoms with Gasteiger partial charge < -0.3 is 9.64 Å². The van der Waals surface area contributed by atoms with Crippen molar-refractivity contribution in [2.75, 3.05) is 31.7 Å². The summed E-state index contributed by atoms with van der Waals surface area (Å²) < 4.78 is 19.1. The predicted octanol–water partition coefficient (Wildman–Crippen LogP) is 3.20. The smallest absolute Gasteiger partial charge is 0.223 e. The van der Waals surface area contributed by atoms with Crippen molar-refractivity contribution in [2.45, 2.75) is 19.3 Å². The van der Waals surface area contributed by atoms with E-state index < -0.39 is 0 Å². The van der Waals surface area contributed by atoms with E-state index in [0.29, 0.717) is 18.8 Å². The van der Waals surface area contributed by atoms with Gasteiger partial charge in [0.15, 0.2) is 11.6 Å². The van der Waals surface area contributed by atoms with Gasteiger partial charge in [-0.1, -0.05) is 12.1 Å². The molecule has 5 heteroatoms. The lowest BCUT2D eigenvalue weighted by Gasteiger charge is -2.32. The predicted molar refractivity (Wildman–Crippen MR) is 84.2 cm³/mol. The van der Waals surface area contributed by atoms with Crippen LogP contribution in [0.2, 0.25) is 0 Å². The van der Waals surface area contributed by atoms with Gasteiger partial charge in [-0.3, -0.25) is 4.79 Å². The molecule has 2 rings (SSSR count). The number of nitrogens with zero attached hydrogens (tertiary/aromatic N) is 1. The molecular weight excluding hydrogens is 289 g/mol. The second-order valence-electron chi connectivity index (χ2n) is 5.33. The summed E-state index contributed by atoms with van der Waals surface area (Å²) in [6, 6.07) is 6.44. The third-order valence-corrected chi connectivity index (χ3v) is 4.32. The number of para-hydroxylation sites is 1. The molecule has 0 radical (unpaired) electrons. The number of halogens is 1. The molecule has 1 aromatic rings. The maximum atomic E-state index is 13.5. The Morgan fingerprint density at radius 3 is 3.05 bits per heavy atom. The molecule has 1 atom stereocenters. The molecule has 0 aliphatic carbocycles. The van der Waals surface area contributed by atoms with Gasteiger partial charge in [0.05, 0.1) is 6.61 Å². The molecule has 0 aromatic heterocycles. The van der Waals surface area contributed by atoms with Crippen molar-refractivity contribution >= 4 is 17.7 Å². The summed E-state index contributed by atoms with van der Waals surface area (Å²) in [4.78, 5) is 14.0. The minimum Gasteiger partial charge on any atom is -0.490 e. The maximum absolute atomic E-state index is 13.5. The average molecular weight is 311 g/mol. The Kier molecular flexibility index (Phi) is 6.36. The summed E-state index contributed by atoms with van der Waals surface area (Å²) in [6.45, 7) is 2.03. The Morgan fingerprint density at radius 1 is 1.48 bits per heavy atom. The molecule has 116 valence electrons. The second-order valence-corrected chi connectivity index (χ2v) is 6.32. The van der Waals surface area contributed by atoms with Gasteiger partial charge in [-0.15, -0.1) is 0 Å². The van der Waals surface area contributed by atoms with Crippen LogP contribution in [-0.2, 0) is 4.79 Å². The highest BCUT2D eigenvalue weighted by molar-refractivity contribution is 7.98. The van der Waals surface area contributed by atoms with E-state index in [0.717, 1.165) is 31.7 Å². The zero-order valence-corrected chi connectivity index (χ0v) is 13.2. The van der Waals surface area contributed by atoms with E-state index in [1.165, 1.54) is 6.07 Å². The molecule has 3 nitrogen and oxygen atoms in total. The first-order valence-corrected chi connectivity index (χ1v) is 8.74. The van der Waals surface area contributed by atoms with Crippen LogP contribution in [0, 0.1) is 11.7 Å². The molecule has 0 N–H and O–H groups in total. The number of amides is 1. The molecule has 1 aliphatic heterocycles. The first-order valence-electron chi connectivity index (χ1n) is 7.34. The molecular formula is C16H22FNO2S. The third-order valence-electron chi connectivity index (χ3n) is 3.70. The fourth-order valence-corrected chi connectivity index (χ4v) is 2.92. The van der Waals surface area contributed by atoms with E-state index in [1.54, 1.807) is 30.0 Å². The van der Waals surface area contributed by atoms with E-state index >= 15 is 0 Å². The molecule has 0 saturated carbocycles. The second kappa shape index (κ2) is 8.27. The molecule has 0 unspecified atom stereocenters. The molecule has 1 amide bonds. The van der Waals surface area contributed by atoms with Crippen LogP contribution in [-0.4, -0.2) is 42.5 Å². The Labute approximate surface area is 129 Å². The number of hydrogen-bond donors (Lipinski definition) is 0. The average Bonchev–Trinajstić information content (AvgIpc) is 2.52. The van der Waals surface area contributed by atoms with Crippen molar-refractivity contribution in [3.63, 3.8) is 0 Å². The number of carbonyl (C=O) groups is 1. The number of carbonyl (C=O) groups excluding carboxylic acids is 1. The topological polar surface area (TPSA) is 29.5 Å². The lowest BCUT2D eigenvalue weighted by atomic mass is 9.99. The van der Waals surface area contributed by atoms with Crippen LogP contribution >= 0.6 is 11.8 Å². The highest BCUT2D eigenvalue weighted by Gasteiger charge is 2.23. The maximum Gasteiger partial charge on any atom is 0.223 e. The minimum absolute atomic E-state index is 0.222. The van der Waals surface area contributed by atoms with Crippen LogP contribution in [0.3, 0.4) is 0 Å². The highest BCUT2D eigenvalue weighted by atomic mass is 32.2. The quantitative estimate of drug-likeness (QED) is 0.808. The van der Waals surface area contributed by atoms with Crippen LogP contribution in [0.5, 0.6) is 5.75 Å². The minimum atomic E-state index is -0.332. The van der Waals surface area contributed by atoms with Gasteiger partial charge in [0, 0.05) is 31.2 Å². The first kappa shape index (κ1) is 16.1. The van der Waals surface area contributed by atoms with Crippen LogP contribution in [0.4, 0.5) is 4.39 Å². The lowest BCUT2D eigenvalue weighted by molar-refractivity contribution is -0.132. The lowest BCUT2D eigenvalue weighted by Crippen LogP contribution is -2.41. The van der Waals surface area contributed by atoms with Gasteiger partial charge in [0.1, 0.15) is 0 Å². The van der Waals surface area contributed by atoms with Crippen LogP contribution in [0.1, 0.15) is 19.3 Å². The van der Waals surface area contributed by atoms with Crippen molar-refractivity contribution in [3.05, 3.63) is 30.1 Å². The Hall–Kier alpha value is -1.23. The number of ether oxygens (including phenoxy) is 1. The molecule has 0 spiro atoms. The van der Waals surface area contributed by atoms with Crippen molar-refractivity contribution in [3.8, 4) is 5.75 Å². The van der Waals surface area contributed by atoms with Gasteiger partial charge in [0.25, 0.3) is 0 Å². The number of thioether (sulfide) groups is 1. The Morgan fingerprint density at radius 2 is 2.29 bits per heavy atom. The van der Waals surface area contributed by atoms with E-state index in [4.69, 9.17) is 4.74 Å². The molecule has 1 aliphatic rings.